The van der Waals surface area contributed by atoms with Crippen LogP contribution in [0.2, 0.25) is 0 Å². The number of hydrogen-bond acceptors (Lipinski definition) is 3. The molecule has 3 saturated heterocycles. The molecule has 3 aliphatic rings. The highest BCUT2D eigenvalue weighted by Crippen LogP contribution is 2.34. The van der Waals surface area contributed by atoms with Crippen molar-refractivity contribution in [3.63, 3.8) is 0 Å². The van der Waals surface area contributed by atoms with Crippen LogP contribution >= 0.6 is 0 Å². The third-order valence-electron chi connectivity index (χ3n) is 5.06. The standard InChI is InChI=1S/C18H29N3/c1-13(2)20-11-15-8-16(12-20)21(15)10-14-6-7-17(19-9-14)18(3,4)5/h6-7,9,13,15-16H,8,10-12H2,1-5H3. The maximum Gasteiger partial charge on any atom is 0.0457 e. The van der Waals surface area contributed by atoms with Gasteiger partial charge in [0.05, 0.1) is 0 Å². The monoisotopic (exact) mass is 287 g/mol. The van der Waals surface area contributed by atoms with Gasteiger partial charge in [0.2, 0.25) is 0 Å². The Balaban J connectivity index is 1.61. The SMILES string of the molecule is CC(C)N1CC2CC(C1)N2Cc1ccc(C(C)(C)C)nc1. The second-order valence-corrected chi connectivity index (χ2v) is 8.07. The Morgan fingerprint density at radius 3 is 2.33 bits per heavy atom. The maximum atomic E-state index is 4.66. The van der Waals surface area contributed by atoms with E-state index in [0.717, 1.165) is 18.6 Å². The Labute approximate surface area is 129 Å². The van der Waals surface area contributed by atoms with Crippen LogP contribution in [0.4, 0.5) is 0 Å². The normalized spacial score (nSPS) is 27.0. The van der Waals surface area contributed by atoms with Gasteiger partial charge in [0.1, 0.15) is 0 Å². The lowest BCUT2D eigenvalue weighted by molar-refractivity contribution is -0.0835. The molecule has 21 heavy (non-hydrogen) atoms. The van der Waals surface area contributed by atoms with Crippen LogP contribution in [-0.2, 0) is 12.0 Å². The van der Waals surface area contributed by atoms with Gasteiger partial charge >= 0.3 is 0 Å². The molecule has 0 amide bonds. The van der Waals surface area contributed by atoms with E-state index in [1.165, 1.54) is 30.8 Å². The molecule has 3 heteroatoms. The quantitative estimate of drug-likeness (QED) is 0.852. The zero-order valence-electron chi connectivity index (χ0n) is 14.1. The van der Waals surface area contributed by atoms with Crippen LogP contribution in [-0.4, -0.2) is 46.0 Å². The fourth-order valence-corrected chi connectivity index (χ4v) is 3.57. The summed E-state index contributed by atoms with van der Waals surface area (Å²) in [6.07, 6.45) is 3.46. The maximum absolute atomic E-state index is 4.66. The largest absolute Gasteiger partial charge is 0.298 e. The lowest BCUT2D eigenvalue weighted by Gasteiger charge is -2.57. The van der Waals surface area contributed by atoms with E-state index in [2.05, 4.69) is 67.7 Å². The summed E-state index contributed by atoms with van der Waals surface area (Å²) in [6, 6.07) is 6.67. The van der Waals surface area contributed by atoms with E-state index in [0.29, 0.717) is 6.04 Å². The highest BCUT2D eigenvalue weighted by Gasteiger charge is 2.44. The molecule has 2 bridgehead atoms. The van der Waals surface area contributed by atoms with Gasteiger partial charge in [0, 0.05) is 55.1 Å². The van der Waals surface area contributed by atoms with Crippen LogP contribution in [0.3, 0.4) is 0 Å². The van der Waals surface area contributed by atoms with Crippen molar-refractivity contribution in [1.82, 2.24) is 14.8 Å². The van der Waals surface area contributed by atoms with Crippen LogP contribution in [0.1, 0.15) is 52.3 Å². The van der Waals surface area contributed by atoms with Crippen molar-refractivity contribution in [3.05, 3.63) is 29.6 Å². The van der Waals surface area contributed by atoms with E-state index >= 15 is 0 Å². The predicted octanol–water partition coefficient (Wildman–Crippen LogP) is 3.05. The predicted molar refractivity (Wildman–Crippen MR) is 87.4 cm³/mol. The lowest BCUT2D eigenvalue weighted by atomic mass is 9.86. The van der Waals surface area contributed by atoms with E-state index in [1.54, 1.807) is 0 Å². The van der Waals surface area contributed by atoms with Gasteiger partial charge in [-0.05, 0) is 31.9 Å². The average molecular weight is 287 g/mol. The molecule has 0 aromatic carbocycles. The number of pyridine rings is 1. The van der Waals surface area contributed by atoms with Crippen LogP contribution in [0.5, 0.6) is 0 Å². The molecule has 0 spiro atoms. The highest BCUT2D eigenvalue weighted by atomic mass is 15.4. The third kappa shape index (κ3) is 3.00. The number of hydrogen-bond donors (Lipinski definition) is 0. The Morgan fingerprint density at radius 1 is 1.19 bits per heavy atom. The highest BCUT2D eigenvalue weighted by molar-refractivity contribution is 5.20. The first kappa shape index (κ1) is 15.0. The van der Waals surface area contributed by atoms with E-state index in [9.17, 15) is 0 Å². The molecule has 4 rings (SSSR count). The Morgan fingerprint density at radius 2 is 1.86 bits per heavy atom. The summed E-state index contributed by atoms with van der Waals surface area (Å²) >= 11 is 0. The van der Waals surface area contributed by atoms with Gasteiger partial charge in [-0.15, -0.1) is 0 Å². The third-order valence-corrected chi connectivity index (χ3v) is 5.06. The number of fused-ring (bicyclic) bond motifs is 2. The Kier molecular flexibility index (Phi) is 3.83. The smallest absolute Gasteiger partial charge is 0.0457 e. The average Bonchev–Trinajstić information content (AvgIpc) is 2.44. The van der Waals surface area contributed by atoms with Crippen molar-refractivity contribution in [3.8, 4) is 0 Å². The Bertz CT molecular complexity index is 474. The minimum absolute atomic E-state index is 0.142. The zero-order valence-corrected chi connectivity index (χ0v) is 14.1. The van der Waals surface area contributed by atoms with Gasteiger partial charge in [-0.2, -0.15) is 0 Å². The first-order chi connectivity index (χ1) is 9.84. The second kappa shape index (κ2) is 5.36. The summed E-state index contributed by atoms with van der Waals surface area (Å²) in [4.78, 5) is 9.96. The van der Waals surface area contributed by atoms with Gasteiger partial charge in [0.25, 0.3) is 0 Å². The second-order valence-electron chi connectivity index (χ2n) is 8.07. The topological polar surface area (TPSA) is 19.4 Å². The number of rotatable bonds is 3. The van der Waals surface area contributed by atoms with Crippen molar-refractivity contribution in [1.29, 1.82) is 0 Å². The van der Waals surface area contributed by atoms with Crippen molar-refractivity contribution in [2.45, 2.75) is 71.1 Å². The molecule has 1 aromatic heterocycles. The van der Waals surface area contributed by atoms with Crippen molar-refractivity contribution >= 4 is 0 Å². The molecule has 4 heterocycles. The summed E-state index contributed by atoms with van der Waals surface area (Å²) < 4.78 is 0. The fourth-order valence-electron chi connectivity index (χ4n) is 3.57. The minimum Gasteiger partial charge on any atom is -0.298 e. The molecule has 3 nitrogen and oxygen atoms in total. The molecule has 0 N–H and O–H groups in total. The first-order valence-corrected chi connectivity index (χ1v) is 8.30. The van der Waals surface area contributed by atoms with Gasteiger partial charge in [-0.1, -0.05) is 26.8 Å². The molecule has 0 saturated carbocycles. The van der Waals surface area contributed by atoms with Gasteiger partial charge in [-0.25, -0.2) is 0 Å². The summed E-state index contributed by atoms with van der Waals surface area (Å²) in [7, 11) is 0. The number of aromatic nitrogens is 1. The van der Waals surface area contributed by atoms with Gasteiger partial charge in [0.15, 0.2) is 0 Å². The van der Waals surface area contributed by atoms with Crippen molar-refractivity contribution in [2.75, 3.05) is 13.1 Å². The zero-order chi connectivity index (χ0) is 15.2. The molecular formula is C18H29N3. The minimum atomic E-state index is 0.142. The van der Waals surface area contributed by atoms with Gasteiger partial charge < -0.3 is 0 Å². The molecule has 3 fully saturated rings. The van der Waals surface area contributed by atoms with E-state index in [1.807, 2.05) is 0 Å². The van der Waals surface area contributed by atoms with Crippen LogP contribution in [0.15, 0.2) is 18.3 Å². The molecule has 1 aromatic rings. The molecule has 2 unspecified atom stereocenters. The molecule has 116 valence electrons. The summed E-state index contributed by atoms with van der Waals surface area (Å²) in [6.45, 7) is 14.8. The van der Waals surface area contributed by atoms with Crippen molar-refractivity contribution in [2.24, 2.45) is 0 Å². The molecule has 3 aliphatic heterocycles. The number of piperazine rings is 1. The number of piperidine rings is 1. The summed E-state index contributed by atoms with van der Waals surface area (Å²) in [5.41, 5.74) is 2.68. The molecule has 0 aliphatic carbocycles. The molecular weight excluding hydrogens is 258 g/mol. The van der Waals surface area contributed by atoms with Gasteiger partial charge in [-0.3, -0.25) is 14.8 Å². The van der Waals surface area contributed by atoms with E-state index in [4.69, 9.17) is 0 Å². The van der Waals surface area contributed by atoms with Crippen molar-refractivity contribution < 1.29 is 0 Å². The first-order valence-electron chi connectivity index (χ1n) is 8.30. The van der Waals surface area contributed by atoms with Crippen LogP contribution in [0.25, 0.3) is 0 Å². The Hall–Kier alpha value is -0.930. The fraction of sp³-hybridized carbons (Fsp3) is 0.722. The van der Waals surface area contributed by atoms with E-state index < -0.39 is 0 Å². The lowest BCUT2D eigenvalue weighted by Crippen LogP contribution is -2.68. The molecule has 0 radical (unpaired) electrons. The van der Waals surface area contributed by atoms with Crippen LogP contribution in [0, 0.1) is 0 Å². The summed E-state index contributed by atoms with van der Waals surface area (Å²) in [5.74, 6) is 0. The molecule has 2 atom stereocenters. The van der Waals surface area contributed by atoms with E-state index in [-0.39, 0.29) is 5.41 Å². The van der Waals surface area contributed by atoms with Crippen LogP contribution < -0.4 is 0 Å². The number of nitrogens with zero attached hydrogens (tertiary/aromatic N) is 3. The summed E-state index contributed by atoms with van der Waals surface area (Å²) in [5, 5.41) is 0.